The zero-order chi connectivity index (χ0) is 24.0. The Labute approximate surface area is 193 Å². The molecule has 0 aliphatic carbocycles. The molecule has 3 rings (SSSR count). The van der Waals surface area contributed by atoms with Crippen molar-refractivity contribution in [2.75, 3.05) is 37.4 Å². The topological polar surface area (TPSA) is 96.0 Å². The van der Waals surface area contributed by atoms with Crippen molar-refractivity contribution in [3.63, 3.8) is 0 Å². The lowest BCUT2D eigenvalue weighted by atomic mass is 10.2. The van der Waals surface area contributed by atoms with E-state index in [0.717, 1.165) is 0 Å². The van der Waals surface area contributed by atoms with E-state index in [9.17, 15) is 18.0 Å². The van der Waals surface area contributed by atoms with Gasteiger partial charge in [-0.05, 0) is 60.7 Å². The summed E-state index contributed by atoms with van der Waals surface area (Å²) in [5.41, 5.74) is 1.39. The Bertz CT molecular complexity index is 1210. The van der Waals surface area contributed by atoms with Crippen molar-refractivity contribution in [2.24, 2.45) is 0 Å². The van der Waals surface area contributed by atoms with Crippen molar-refractivity contribution in [3.8, 4) is 5.75 Å². The summed E-state index contributed by atoms with van der Waals surface area (Å²) in [7, 11) is 1.02. The molecular formula is C24H25N3O5S. The molecule has 3 aromatic carbocycles. The first kappa shape index (κ1) is 23.8. The molecule has 0 radical (unpaired) electrons. The highest BCUT2D eigenvalue weighted by atomic mass is 32.2. The van der Waals surface area contributed by atoms with Gasteiger partial charge in [-0.1, -0.05) is 18.2 Å². The molecular weight excluding hydrogens is 442 g/mol. The molecule has 0 saturated heterocycles. The third-order valence-electron chi connectivity index (χ3n) is 4.87. The molecule has 0 spiro atoms. The molecule has 8 nitrogen and oxygen atoms in total. The number of nitrogens with zero attached hydrogens (tertiary/aromatic N) is 2. The molecule has 0 heterocycles. The predicted octanol–water partition coefficient (Wildman–Crippen LogP) is 3.23. The quantitative estimate of drug-likeness (QED) is 0.549. The summed E-state index contributed by atoms with van der Waals surface area (Å²) in [5.74, 6) is -0.0417. The molecule has 0 fully saturated rings. The lowest BCUT2D eigenvalue weighted by molar-refractivity contribution is -0.130. The molecule has 0 unspecified atom stereocenters. The first-order valence-electron chi connectivity index (χ1n) is 10.1. The number of carbonyl (C=O) groups is 2. The predicted molar refractivity (Wildman–Crippen MR) is 127 cm³/mol. The molecule has 0 aliphatic heterocycles. The molecule has 0 bridgehead atoms. The largest absolute Gasteiger partial charge is 0.484 e. The summed E-state index contributed by atoms with van der Waals surface area (Å²) in [4.78, 5) is 25.7. The van der Waals surface area contributed by atoms with E-state index in [1.807, 2.05) is 6.07 Å². The molecule has 9 heteroatoms. The Morgan fingerprint density at radius 3 is 2.03 bits per heavy atom. The lowest BCUT2D eigenvalue weighted by Gasteiger charge is -2.19. The van der Waals surface area contributed by atoms with Crippen LogP contribution in [0.3, 0.4) is 0 Å². The molecule has 2 amide bonds. The Balaban J connectivity index is 1.64. The van der Waals surface area contributed by atoms with Gasteiger partial charge in [0, 0.05) is 32.4 Å². The monoisotopic (exact) mass is 467 g/mol. The summed E-state index contributed by atoms with van der Waals surface area (Å²) in [5, 5.41) is 2.75. The second-order valence-electron chi connectivity index (χ2n) is 7.39. The van der Waals surface area contributed by atoms with Crippen LogP contribution in [0.2, 0.25) is 0 Å². The van der Waals surface area contributed by atoms with Crippen LogP contribution in [-0.4, -0.2) is 52.9 Å². The van der Waals surface area contributed by atoms with Gasteiger partial charge in [-0.15, -0.1) is 0 Å². The first-order valence-corrected chi connectivity index (χ1v) is 11.5. The third-order valence-corrected chi connectivity index (χ3v) is 6.67. The second kappa shape index (κ2) is 10.2. The van der Waals surface area contributed by atoms with Gasteiger partial charge in [-0.3, -0.25) is 13.9 Å². The van der Waals surface area contributed by atoms with Gasteiger partial charge in [0.05, 0.1) is 10.6 Å². The fourth-order valence-corrected chi connectivity index (χ4v) is 4.02. The van der Waals surface area contributed by atoms with Crippen LogP contribution in [0, 0.1) is 0 Å². The summed E-state index contributed by atoms with van der Waals surface area (Å²) in [6.45, 7) is -0.0760. The number of ether oxygens (including phenoxy) is 1. The van der Waals surface area contributed by atoms with Gasteiger partial charge in [-0.2, -0.15) is 0 Å². The number of hydrogen-bond donors (Lipinski definition) is 1. The Kier molecular flexibility index (Phi) is 7.34. The van der Waals surface area contributed by atoms with Crippen molar-refractivity contribution in [3.05, 3.63) is 84.4 Å². The van der Waals surface area contributed by atoms with E-state index in [4.69, 9.17) is 4.74 Å². The standard InChI is InChI=1S/C24H25N3O5S/c1-26(2)23(28)17-32-21-13-11-19(12-14-21)25-24(29)18-9-15-22(16-10-18)33(30,31)27(3)20-7-5-4-6-8-20/h4-16H,17H2,1-3H3,(H,25,29). The molecule has 172 valence electrons. The maximum Gasteiger partial charge on any atom is 0.264 e. The van der Waals surface area contributed by atoms with Crippen molar-refractivity contribution < 1.29 is 22.7 Å². The van der Waals surface area contributed by atoms with Crippen molar-refractivity contribution in [1.82, 2.24) is 4.90 Å². The van der Waals surface area contributed by atoms with E-state index in [1.54, 1.807) is 62.6 Å². The normalized spacial score (nSPS) is 10.9. The second-order valence-corrected chi connectivity index (χ2v) is 9.36. The van der Waals surface area contributed by atoms with E-state index < -0.39 is 10.0 Å². The number of rotatable bonds is 8. The summed E-state index contributed by atoms with van der Waals surface area (Å²) >= 11 is 0. The van der Waals surface area contributed by atoms with E-state index in [2.05, 4.69) is 5.32 Å². The van der Waals surface area contributed by atoms with Gasteiger partial charge in [0.1, 0.15) is 5.75 Å². The summed E-state index contributed by atoms with van der Waals surface area (Å²) in [6, 6.07) is 21.1. The maximum absolute atomic E-state index is 12.9. The average Bonchev–Trinajstić information content (AvgIpc) is 2.83. The van der Waals surface area contributed by atoms with Crippen molar-refractivity contribution in [1.29, 1.82) is 0 Å². The van der Waals surface area contributed by atoms with Gasteiger partial charge < -0.3 is 15.0 Å². The number of likely N-dealkylation sites (N-methyl/N-ethyl adjacent to an activating group) is 1. The number of anilines is 2. The van der Waals surface area contributed by atoms with Crippen LogP contribution < -0.4 is 14.4 Å². The van der Waals surface area contributed by atoms with Crippen LogP contribution in [-0.2, 0) is 14.8 Å². The van der Waals surface area contributed by atoms with Crippen molar-refractivity contribution in [2.45, 2.75) is 4.90 Å². The highest BCUT2D eigenvalue weighted by Crippen LogP contribution is 2.22. The highest BCUT2D eigenvalue weighted by Gasteiger charge is 2.21. The minimum absolute atomic E-state index is 0.0760. The van der Waals surface area contributed by atoms with E-state index >= 15 is 0 Å². The van der Waals surface area contributed by atoms with Gasteiger partial charge in [-0.25, -0.2) is 8.42 Å². The number of carbonyl (C=O) groups excluding carboxylic acids is 2. The molecule has 0 aliphatic rings. The minimum atomic E-state index is -3.75. The molecule has 0 atom stereocenters. The van der Waals surface area contributed by atoms with Crippen LogP contribution in [0.15, 0.2) is 83.8 Å². The average molecular weight is 468 g/mol. The zero-order valence-electron chi connectivity index (χ0n) is 18.6. The molecule has 3 aromatic rings. The van der Waals surface area contributed by atoms with Gasteiger partial charge in [0.15, 0.2) is 6.61 Å². The maximum atomic E-state index is 12.9. The Morgan fingerprint density at radius 1 is 0.848 bits per heavy atom. The number of nitrogens with one attached hydrogen (secondary N) is 1. The fraction of sp³-hybridized carbons (Fsp3) is 0.167. The Hall–Kier alpha value is -3.85. The lowest BCUT2D eigenvalue weighted by Crippen LogP contribution is -2.27. The smallest absolute Gasteiger partial charge is 0.264 e. The minimum Gasteiger partial charge on any atom is -0.484 e. The zero-order valence-corrected chi connectivity index (χ0v) is 19.4. The van der Waals surface area contributed by atoms with E-state index in [-0.39, 0.29) is 23.3 Å². The fourth-order valence-electron chi connectivity index (χ4n) is 2.83. The van der Waals surface area contributed by atoms with Crippen LogP contribution in [0.4, 0.5) is 11.4 Å². The van der Waals surface area contributed by atoms with Crippen molar-refractivity contribution >= 4 is 33.2 Å². The summed E-state index contributed by atoms with van der Waals surface area (Å²) < 4.78 is 32.3. The molecule has 0 aromatic heterocycles. The highest BCUT2D eigenvalue weighted by molar-refractivity contribution is 7.92. The van der Waals surface area contributed by atoms with E-state index in [0.29, 0.717) is 22.7 Å². The van der Waals surface area contributed by atoms with Crippen LogP contribution in [0.5, 0.6) is 5.75 Å². The number of benzene rings is 3. The van der Waals surface area contributed by atoms with Gasteiger partial charge >= 0.3 is 0 Å². The molecule has 0 saturated carbocycles. The van der Waals surface area contributed by atoms with Gasteiger partial charge in [0.25, 0.3) is 21.8 Å². The van der Waals surface area contributed by atoms with Crippen LogP contribution in [0.1, 0.15) is 10.4 Å². The first-order chi connectivity index (χ1) is 15.7. The van der Waals surface area contributed by atoms with Crippen LogP contribution >= 0.6 is 0 Å². The Morgan fingerprint density at radius 2 is 1.45 bits per heavy atom. The molecule has 33 heavy (non-hydrogen) atoms. The number of sulfonamides is 1. The molecule has 1 N–H and O–H groups in total. The third kappa shape index (κ3) is 5.89. The number of amides is 2. The van der Waals surface area contributed by atoms with E-state index in [1.165, 1.54) is 40.5 Å². The van der Waals surface area contributed by atoms with Gasteiger partial charge in [0.2, 0.25) is 0 Å². The van der Waals surface area contributed by atoms with Crippen LogP contribution in [0.25, 0.3) is 0 Å². The SMILES string of the molecule is CN(C)C(=O)COc1ccc(NC(=O)c2ccc(S(=O)(=O)N(C)c3ccccc3)cc2)cc1. The number of para-hydroxylation sites is 1. The number of hydrogen-bond acceptors (Lipinski definition) is 5. The summed E-state index contributed by atoms with van der Waals surface area (Å²) in [6.07, 6.45) is 0.